The van der Waals surface area contributed by atoms with Crippen molar-refractivity contribution >= 4 is 108 Å². The number of benzene rings is 9. The van der Waals surface area contributed by atoms with Gasteiger partial charge >= 0.3 is 0 Å². The third kappa shape index (κ3) is 4.21. The lowest BCUT2D eigenvalue weighted by Gasteiger charge is -2.14. The molecule has 4 nitrogen and oxygen atoms in total. The summed E-state index contributed by atoms with van der Waals surface area (Å²) in [5, 5.41) is 11.9. The van der Waals surface area contributed by atoms with Gasteiger partial charge in [-0.1, -0.05) is 158 Å². The Morgan fingerprint density at radius 1 is 0.368 bits per heavy atom. The van der Waals surface area contributed by atoms with Gasteiger partial charge in [-0.25, -0.2) is 4.98 Å². The van der Waals surface area contributed by atoms with Crippen LogP contribution in [0.15, 0.2) is 182 Å². The van der Waals surface area contributed by atoms with Gasteiger partial charge in [0.1, 0.15) is 0 Å². The number of hydrogen-bond donors (Lipinski definition) is 0. The molecule has 57 heavy (non-hydrogen) atoms. The van der Waals surface area contributed by atoms with Gasteiger partial charge in [0.25, 0.3) is 0 Å². The second kappa shape index (κ2) is 11.6. The molecule has 0 saturated heterocycles. The quantitative estimate of drug-likeness (QED) is 0.169. The third-order valence-corrected chi connectivity index (χ3v) is 13.2. The molecule has 0 N–H and O–H groups in total. The van der Waals surface area contributed by atoms with Crippen molar-refractivity contribution in [2.24, 2.45) is 0 Å². The normalized spacial score (nSPS) is 12.2. The van der Waals surface area contributed by atoms with Crippen molar-refractivity contribution in [2.75, 3.05) is 0 Å². The van der Waals surface area contributed by atoms with Crippen LogP contribution in [0.3, 0.4) is 0 Å². The Morgan fingerprint density at radius 2 is 0.895 bits per heavy atom. The minimum atomic E-state index is 0.797. The molecule has 264 valence electrons. The Kier molecular flexibility index (Phi) is 6.29. The van der Waals surface area contributed by atoms with Crippen molar-refractivity contribution in [1.29, 1.82) is 0 Å². The first-order chi connectivity index (χ1) is 28.3. The highest BCUT2D eigenvalue weighted by molar-refractivity contribution is 7.26. The van der Waals surface area contributed by atoms with Crippen molar-refractivity contribution < 1.29 is 0 Å². The first kappa shape index (κ1) is 30.9. The summed E-state index contributed by atoms with van der Waals surface area (Å²) in [5.74, 6) is 0.797. The fourth-order valence-electron chi connectivity index (χ4n) is 9.54. The Morgan fingerprint density at radius 3 is 1.60 bits per heavy atom. The molecule has 0 spiro atoms. The number of hydrogen-bond acceptors (Lipinski definition) is 3. The second-order valence-electron chi connectivity index (χ2n) is 14.9. The molecule has 4 heterocycles. The van der Waals surface area contributed by atoms with Gasteiger partial charge in [0.05, 0.1) is 49.7 Å². The van der Waals surface area contributed by atoms with Crippen LogP contribution in [0.2, 0.25) is 0 Å². The highest BCUT2D eigenvalue weighted by atomic mass is 32.1. The van der Waals surface area contributed by atoms with Crippen molar-refractivity contribution in [3.63, 3.8) is 0 Å². The summed E-state index contributed by atoms with van der Waals surface area (Å²) in [7, 11) is 0. The van der Waals surface area contributed by atoms with Crippen LogP contribution in [0.5, 0.6) is 0 Å². The van der Waals surface area contributed by atoms with E-state index in [0.717, 1.165) is 44.2 Å². The molecule has 0 fully saturated rings. The Hall–Kier alpha value is -7.34. The predicted octanol–water partition coefficient (Wildman–Crippen LogP) is 14.2. The molecular weight excluding hydrogens is 713 g/mol. The zero-order valence-electron chi connectivity index (χ0n) is 30.5. The van der Waals surface area contributed by atoms with Crippen LogP contribution in [0, 0.1) is 0 Å². The molecule has 13 aromatic rings. The van der Waals surface area contributed by atoms with Gasteiger partial charge in [0, 0.05) is 47.8 Å². The number of fused-ring (bicyclic) bond motifs is 16. The van der Waals surface area contributed by atoms with Crippen LogP contribution in [-0.4, -0.2) is 19.1 Å². The van der Waals surface area contributed by atoms with Gasteiger partial charge < -0.3 is 4.57 Å². The summed E-state index contributed by atoms with van der Waals surface area (Å²) in [6.07, 6.45) is 1.97. The number of rotatable bonds is 3. The Labute approximate surface area is 330 Å². The molecule has 13 rings (SSSR count). The highest BCUT2D eigenvalue weighted by Gasteiger charge is 2.24. The van der Waals surface area contributed by atoms with E-state index in [1.165, 1.54) is 74.8 Å². The van der Waals surface area contributed by atoms with E-state index in [0.29, 0.717) is 0 Å². The molecule has 0 saturated carbocycles. The second-order valence-corrected chi connectivity index (χ2v) is 15.9. The molecule has 0 aliphatic carbocycles. The molecule has 0 aliphatic heterocycles. The lowest BCUT2D eigenvalue weighted by molar-refractivity contribution is 1.08. The van der Waals surface area contributed by atoms with E-state index in [9.17, 15) is 0 Å². The number of nitrogens with zero attached hydrogens (tertiary/aromatic N) is 4. The molecular formula is C52H30N4S. The average Bonchev–Trinajstić information content (AvgIpc) is 3.95. The molecule has 4 aromatic heterocycles. The minimum absolute atomic E-state index is 0.797. The van der Waals surface area contributed by atoms with E-state index in [4.69, 9.17) is 9.97 Å². The molecule has 0 atom stereocenters. The Bertz CT molecular complexity index is 3780. The lowest BCUT2D eigenvalue weighted by Crippen LogP contribution is -2.02. The first-order valence-corrected chi connectivity index (χ1v) is 20.2. The van der Waals surface area contributed by atoms with Gasteiger partial charge in [0.15, 0.2) is 5.82 Å². The summed E-state index contributed by atoms with van der Waals surface area (Å²) in [4.78, 5) is 10.8. The van der Waals surface area contributed by atoms with Gasteiger partial charge in [0.2, 0.25) is 0 Å². The maximum atomic E-state index is 5.57. The minimum Gasteiger partial charge on any atom is -0.306 e. The van der Waals surface area contributed by atoms with E-state index >= 15 is 0 Å². The molecule has 0 bridgehead atoms. The van der Waals surface area contributed by atoms with Gasteiger partial charge in [-0.05, 0) is 40.1 Å². The number of para-hydroxylation sites is 2. The van der Waals surface area contributed by atoms with E-state index in [2.05, 4.69) is 185 Å². The SMILES string of the molecule is c1ccc(-c2cccc3c2sc2c(-n4c5ccccc5c5ccc6c7ccccc7n(-c7cnc8c9ccccc9c9ccccc9c8n7)c6c54)cccc23)cc1. The smallest absolute Gasteiger partial charge is 0.157 e. The van der Waals surface area contributed by atoms with Crippen LogP contribution in [-0.2, 0) is 0 Å². The highest BCUT2D eigenvalue weighted by Crippen LogP contribution is 2.46. The topological polar surface area (TPSA) is 35.6 Å². The lowest BCUT2D eigenvalue weighted by atomic mass is 10.00. The summed E-state index contributed by atoms with van der Waals surface area (Å²) in [5.41, 5.74) is 10.0. The van der Waals surface area contributed by atoms with E-state index < -0.39 is 0 Å². The van der Waals surface area contributed by atoms with E-state index in [-0.39, 0.29) is 0 Å². The molecule has 0 radical (unpaired) electrons. The van der Waals surface area contributed by atoms with Crippen molar-refractivity contribution in [2.45, 2.75) is 0 Å². The molecule has 0 aliphatic rings. The standard InChI is InChI=1S/C52H30N4S/c1-2-14-31(15-3-1)32-22-12-23-41-42-24-13-27-45(52(42)57-51(32)41)55-43-25-10-8-18-35(43)39-28-29-40-36-19-9-11-26-44(36)56(50(40)49(39)55)46-30-53-47-37-20-6-4-16-33(37)34-17-5-7-21-38(34)48(47)54-46/h1-30H. The van der Waals surface area contributed by atoms with Crippen LogP contribution < -0.4 is 0 Å². The number of aromatic nitrogens is 4. The predicted molar refractivity (Wildman–Crippen MR) is 242 cm³/mol. The fraction of sp³-hybridized carbons (Fsp3) is 0. The van der Waals surface area contributed by atoms with Crippen molar-refractivity contribution in [3.8, 4) is 22.6 Å². The van der Waals surface area contributed by atoms with Crippen LogP contribution in [0.4, 0.5) is 0 Å². The summed E-state index contributed by atoms with van der Waals surface area (Å²) in [6.45, 7) is 0. The van der Waals surface area contributed by atoms with Crippen LogP contribution in [0.25, 0.3) is 119 Å². The summed E-state index contributed by atoms with van der Waals surface area (Å²) >= 11 is 1.89. The third-order valence-electron chi connectivity index (χ3n) is 11.9. The van der Waals surface area contributed by atoms with Crippen molar-refractivity contribution in [3.05, 3.63) is 182 Å². The first-order valence-electron chi connectivity index (χ1n) is 19.3. The molecule has 5 heteroatoms. The molecule has 0 unspecified atom stereocenters. The monoisotopic (exact) mass is 742 g/mol. The van der Waals surface area contributed by atoms with Crippen LogP contribution >= 0.6 is 11.3 Å². The summed E-state index contributed by atoms with van der Waals surface area (Å²) < 4.78 is 7.44. The van der Waals surface area contributed by atoms with E-state index in [1.807, 2.05) is 17.5 Å². The zero-order chi connectivity index (χ0) is 37.2. The van der Waals surface area contributed by atoms with Gasteiger partial charge in [-0.3, -0.25) is 9.55 Å². The maximum Gasteiger partial charge on any atom is 0.157 e. The fourth-order valence-corrected chi connectivity index (χ4v) is 10.9. The van der Waals surface area contributed by atoms with Gasteiger partial charge in [-0.15, -0.1) is 11.3 Å². The largest absolute Gasteiger partial charge is 0.306 e. The molecule has 9 aromatic carbocycles. The summed E-state index contributed by atoms with van der Waals surface area (Å²) in [6, 6.07) is 63.6. The zero-order valence-corrected chi connectivity index (χ0v) is 31.3. The maximum absolute atomic E-state index is 5.57. The Balaban J connectivity index is 1.18. The average molecular weight is 743 g/mol. The van der Waals surface area contributed by atoms with Crippen molar-refractivity contribution in [1.82, 2.24) is 19.1 Å². The van der Waals surface area contributed by atoms with Gasteiger partial charge in [-0.2, -0.15) is 0 Å². The molecule has 0 amide bonds. The van der Waals surface area contributed by atoms with E-state index in [1.54, 1.807) is 0 Å². The van der Waals surface area contributed by atoms with Crippen LogP contribution in [0.1, 0.15) is 0 Å². The number of thiophene rings is 1.